The van der Waals surface area contributed by atoms with E-state index in [1.807, 2.05) is 34.6 Å². The summed E-state index contributed by atoms with van der Waals surface area (Å²) >= 11 is 1.39. The molecule has 1 aliphatic rings. The van der Waals surface area contributed by atoms with Gasteiger partial charge in [0.1, 0.15) is 5.60 Å². The summed E-state index contributed by atoms with van der Waals surface area (Å²) in [4.78, 5) is 27.6. The average Bonchev–Trinajstić information content (AvgIpc) is 3.13. The van der Waals surface area contributed by atoms with E-state index in [1.165, 1.54) is 36.5 Å². The van der Waals surface area contributed by atoms with E-state index in [2.05, 4.69) is 11.9 Å². The smallest absolute Gasteiger partial charge is 0.410 e. The van der Waals surface area contributed by atoms with Gasteiger partial charge in [-0.1, -0.05) is 26.5 Å². The van der Waals surface area contributed by atoms with Crippen LogP contribution in [0.25, 0.3) is 0 Å². The fourth-order valence-electron chi connectivity index (χ4n) is 2.98. The summed E-state index contributed by atoms with van der Waals surface area (Å²) in [6.07, 6.45) is 3.97. The molecule has 8 heteroatoms. The molecule has 0 bridgehead atoms. The highest BCUT2D eigenvalue weighted by Gasteiger charge is 2.29. The molecule has 0 saturated carbocycles. The number of amides is 2. The Balaban J connectivity index is 0.00000249. The Kier molecular flexibility index (Phi) is 9.82. The Morgan fingerprint density at radius 2 is 1.88 bits per heavy atom. The Morgan fingerprint density at radius 1 is 1.25 bits per heavy atom. The summed E-state index contributed by atoms with van der Waals surface area (Å²) in [5, 5.41) is 4.38. The summed E-state index contributed by atoms with van der Waals surface area (Å²) in [5.41, 5.74) is 0.760. The van der Waals surface area contributed by atoms with Crippen LogP contribution in [-0.4, -0.2) is 35.0 Å². The molecule has 0 fully saturated rings. The molecule has 0 saturated heterocycles. The molecule has 2 heterocycles. The number of thiophene rings is 1. The van der Waals surface area contributed by atoms with E-state index >= 15 is 0 Å². The van der Waals surface area contributed by atoms with E-state index in [-0.39, 0.29) is 23.3 Å². The highest BCUT2D eigenvalue weighted by Crippen LogP contribution is 2.30. The molecule has 178 valence electrons. The van der Waals surface area contributed by atoms with Crippen molar-refractivity contribution in [1.82, 2.24) is 10.2 Å². The van der Waals surface area contributed by atoms with Gasteiger partial charge < -0.3 is 15.0 Å². The van der Waals surface area contributed by atoms with Crippen molar-refractivity contribution in [2.24, 2.45) is 0 Å². The minimum absolute atomic E-state index is 0.195. The fourth-order valence-corrected chi connectivity index (χ4v) is 4.07. The molecule has 1 aromatic heterocycles. The van der Waals surface area contributed by atoms with Crippen LogP contribution in [0, 0.1) is 0 Å². The number of fused-ring (bicyclic) bond motifs is 1. The summed E-state index contributed by atoms with van der Waals surface area (Å²) in [5.74, 6) is -3.42. The number of rotatable bonds is 5. The van der Waals surface area contributed by atoms with Gasteiger partial charge in [0.15, 0.2) is 0 Å². The predicted octanol–water partition coefficient (Wildman–Crippen LogP) is 6.47. The van der Waals surface area contributed by atoms with Gasteiger partial charge in [-0.05, 0) is 51.8 Å². The molecule has 5 nitrogen and oxygen atoms in total. The van der Waals surface area contributed by atoms with Crippen LogP contribution in [0.3, 0.4) is 0 Å². The van der Waals surface area contributed by atoms with Gasteiger partial charge in [-0.15, -0.1) is 11.3 Å². The van der Waals surface area contributed by atoms with Gasteiger partial charge in [-0.2, -0.15) is 0 Å². The van der Waals surface area contributed by atoms with Gasteiger partial charge in [0, 0.05) is 35.0 Å². The summed E-state index contributed by atoms with van der Waals surface area (Å²) in [7, 11) is 0. The van der Waals surface area contributed by atoms with Crippen molar-refractivity contribution in [3.63, 3.8) is 0 Å². The molecule has 0 atom stereocenters. The first-order valence-electron chi connectivity index (χ1n) is 10.6. The maximum absolute atomic E-state index is 13.6. The second-order valence-corrected chi connectivity index (χ2v) is 9.06. The van der Waals surface area contributed by atoms with Crippen molar-refractivity contribution in [2.45, 2.75) is 73.0 Å². The Labute approximate surface area is 193 Å². The van der Waals surface area contributed by atoms with Gasteiger partial charge in [-0.25, -0.2) is 13.6 Å². The number of carbonyl (C=O) groups excluding carboxylic acids is 2. The van der Waals surface area contributed by atoms with Crippen LogP contribution in [0.1, 0.15) is 69.3 Å². The lowest BCUT2D eigenvalue weighted by molar-refractivity contribution is 0.0226. The van der Waals surface area contributed by atoms with Gasteiger partial charge in [0.2, 0.25) is 0 Å². The quantitative estimate of drug-likeness (QED) is 0.504. The Bertz CT molecular complexity index is 890. The molecule has 1 aliphatic heterocycles. The third-order valence-corrected chi connectivity index (χ3v) is 5.46. The number of halogens is 2. The van der Waals surface area contributed by atoms with Crippen LogP contribution in [0.2, 0.25) is 0 Å². The van der Waals surface area contributed by atoms with Gasteiger partial charge in [0.25, 0.3) is 11.8 Å². The van der Waals surface area contributed by atoms with Crippen molar-refractivity contribution in [1.29, 1.82) is 0 Å². The molecule has 0 spiro atoms. The van der Waals surface area contributed by atoms with Crippen LogP contribution in [0.5, 0.6) is 0 Å². The van der Waals surface area contributed by atoms with Crippen LogP contribution in [0.15, 0.2) is 41.5 Å². The minimum Gasteiger partial charge on any atom is -0.444 e. The fraction of sp³-hybridized carbons (Fsp3) is 0.500. The number of alkyl halides is 2. The van der Waals surface area contributed by atoms with E-state index in [4.69, 9.17) is 4.74 Å². The van der Waals surface area contributed by atoms with E-state index in [0.29, 0.717) is 25.1 Å². The number of nitrogens with one attached hydrogen (secondary N) is 1. The third kappa shape index (κ3) is 7.58. The van der Waals surface area contributed by atoms with Crippen molar-refractivity contribution >= 4 is 23.3 Å². The topological polar surface area (TPSA) is 58.6 Å². The van der Waals surface area contributed by atoms with E-state index in [9.17, 15) is 18.4 Å². The lowest BCUT2D eigenvalue weighted by Gasteiger charge is -2.30. The second-order valence-electron chi connectivity index (χ2n) is 8.09. The minimum atomic E-state index is -3.03. The maximum Gasteiger partial charge on any atom is 0.410 e. The number of carbonyl (C=O) groups is 2. The first-order valence-corrected chi connectivity index (χ1v) is 11.5. The largest absolute Gasteiger partial charge is 0.444 e. The van der Waals surface area contributed by atoms with Crippen molar-refractivity contribution in [3.8, 4) is 0 Å². The van der Waals surface area contributed by atoms with Crippen molar-refractivity contribution in [2.75, 3.05) is 6.54 Å². The molecular formula is C24H34F2N2O3S. The van der Waals surface area contributed by atoms with E-state index < -0.39 is 11.5 Å². The monoisotopic (exact) mass is 468 g/mol. The number of ether oxygens (including phenoxy) is 1. The van der Waals surface area contributed by atoms with E-state index in [1.54, 1.807) is 10.3 Å². The normalized spacial score (nSPS) is 14.7. The average molecular weight is 469 g/mol. The maximum atomic E-state index is 13.6. The zero-order valence-corrected chi connectivity index (χ0v) is 20.8. The highest BCUT2D eigenvalue weighted by molar-refractivity contribution is 7.10. The molecule has 2 rings (SSSR count). The summed E-state index contributed by atoms with van der Waals surface area (Å²) < 4.78 is 32.7. The summed E-state index contributed by atoms with van der Waals surface area (Å²) in [6.45, 7) is 16.2. The first-order chi connectivity index (χ1) is 14.9. The van der Waals surface area contributed by atoms with Crippen LogP contribution in [0.4, 0.5) is 13.6 Å². The van der Waals surface area contributed by atoms with Crippen molar-refractivity contribution < 1.29 is 23.1 Å². The number of allylic oxidation sites excluding steroid dienone is 4. The standard InChI is InChI=1S/C22H28F2N2O3S.C2H6/c1-7-14(22(6,23)24)11-15(8-2)25-19(27)17-13-30-18-12-26(10-9-16(17)18)20(28)29-21(3,4)5;1-2/h7-8,11,13H,2,9-10,12H2,1,3-6H3,(H,25,27);1-2H3/b14-7+,15-11+;. The SMILES string of the molecule is C=C/C(=C\C(=C/C)C(C)(F)F)NC(=O)c1csc2c1CCN(C(=O)OC(C)(C)C)C2.CC. The van der Waals surface area contributed by atoms with Crippen LogP contribution < -0.4 is 5.32 Å². The van der Waals surface area contributed by atoms with Gasteiger partial charge in [0.05, 0.1) is 12.1 Å². The van der Waals surface area contributed by atoms with Gasteiger partial charge >= 0.3 is 6.09 Å². The molecule has 0 unspecified atom stereocenters. The van der Waals surface area contributed by atoms with E-state index in [0.717, 1.165) is 17.4 Å². The van der Waals surface area contributed by atoms with Crippen LogP contribution in [-0.2, 0) is 17.7 Å². The molecule has 1 N–H and O–H groups in total. The molecule has 32 heavy (non-hydrogen) atoms. The van der Waals surface area contributed by atoms with Gasteiger partial charge in [-0.3, -0.25) is 4.79 Å². The Hall–Kier alpha value is -2.48. The van der Waals surface area contributed by atoms with Crippen molar-refractivity contribution in [3.05, 3.63) is 57.5 Å². The third-order valence-electron chi connectivity index (χ3n) is 4.45. The number of hydrogen-bond donors (Lipinski definition) is 1. The summed E-state index contributed by atoms with van der Waals surface area (Å²) in [6, 6.07) is 0. The molecular weight excluding hydrogens is 434 g/mol. The molecule has 0 aliphatic carbocycles. The Morgan fingerprint density at radius 3 is 2.38 bits per heavy atom. The lowest BCUT2D eigenvalue weighted by atomic mass is 10.0. The molecule has 1 aromatic rings. The zero-order valence-electron chi connectivity index (χ0n) is 20.0. The number of hydrogen-bond acceptors (Lipinski definition) is 4. The predicted molar refractivity (Wildman–Crippen MR) is 126 cm³/mol. The number of nitrogens with zero attached hydrogens (tertiary/aromatic N) is 1. The first kappa shape index (κ1) is 27.6. The zero-order chi connectivity index (χ0) is 24.7. The highest BCUT2D eigenvalue weighted by atomic mass is 32.1. The molecule has 0 aromatic carbocycles. The molecule has 0 radical (unpaired) electrons. The van der Waals surface area contributed by atoms with Crippen LogP contribution >= 0.6 is 11.3 Å². The lowest BCUT2D eigenvalue weighted by Crippen LogP contribution is -2.39. The molecule has 2 amide bonds. The second kappa shape index (κ2) is 11.4.